The average Bonchev–Trinajstić information content (AvgIpc) is 2.62. The number of hydrogen-bond acceptors (Lipinski definition) is 5. The summed E-state index contributed by atoms with van der Waals surface area (Å²) in [7, 11) is -3.65. The van der Waals surface area contributed by atoms with Crippen molar-refractivity contribution in [2.75, 3.05) is 17.2 Å². The Hall–Kier alpha value is -1.67. The molecule has 1 aromatic rings. The quantitative estimate of drug-likeness (QED) is 0.699. The molecular formula is C10H15N3O4S. The molecule has 0 fully saturated rings. The van der Waals surface area contributed by atoms with Gasteiger partial charge in [0, 0.05) is 18.2 Å². The van der Waals surface area contributed by atoms with Crippen molar-refractivity contribution in [3.8, 4) is 11.5 Å². The number of benzene rings is 1. The van der Waals surface area contributed by atoms with E-state index in [1.54, 1.807) is 13.8 Å². The molecule has 1 heterocycles. The Balaban J connectivity index is 2.25. The summed E-state index contributed by atoms with van der Waals surface area (Å²) >= 11 is 0. The molecule has 0 bridgehead atoms. The van der Waals surface area contributed by atoms with E-state index in [0.29, 0.717) is 11.5 Å². The molecule has 0 atom stereocenters. The minimum absolute atomic E-state index is 0.106. The van der Waals surface area contributed by atoms with Crippen molar-refractivity contribution in [2.45, 2.75) is 19.9 Å². The van der Waals surface area contributed by atoms with Crippen LogP contribution in [0.15, 0.2) is 12.1 Å². The van der Waals surface area contributed by atoms with Crippen LogP contribution in [0.5, 0.6) is 11.5 Å². The number of ether oxygens (including phenoxy) is 2. The summed E-state index contributed by atoms with van der Waals surface area (Å²) in [6.07, 6.45) is 0. The van der Waals surface area contributed by atoms with Crippen molar-refractivity contribution in [1.82, 2.24) is 4.72 Å². The zero-order valence-electron chi connectivity index (χ0n) is 10.1. The van der Waals surface area contributed by atoms with E-state index in [1.807, 2.05) is 0 Å². The molecular weight excluding hydrogens is 258 g/mol. The minimum atomic E-state index is -3.65. The van der Waals surface area contributed by atoms with Crippen molar-refractivity contribution in [1.29, 1.82) is 0 Å². The number of anilines is 2. The van der Waals surface area contributed by atoms with Gasteiger partial charge in [-0.2, -0.15) is 13.1 Å². The fraction of sp³-hybridized carbons (Fsp3) is 0.400. The molecule has 18 heavy (non-hydrogen) atoms. The van der Waals surface area contributed by atoms with Crippen LogP contribution < -0.4 is 24.7 Å². The first kappa shape index (κ1) is 12.8. The number of nitrogen functional groups attached to an aromatic ring is 1. The highest BCUT2D eigenvalue weighted by atomic mass is 32.2. The maximum Gasteiger partial charge on any atom is 0.299 e. The average molecular weight is 273 g/mol. The molecule has 1 aliphatic heterocycles. The van der Waals surface area contributed by atoms with Crippen LogP contribution in [-0.2, 0) is 10.2 Å². The van der Waals surface area contributed by atoms with Gasteiger partial charge in [-0.05, 0) is 13.8 Å². The number of nitrogens with two attached hydrogens (primary N) is 1. The van der Waals surface area contributed by atoms with Gasteiger partial charge in [0.2, 0.25) is 6.79 Å². The monoisotopic (exact) mass is 273 g/mol. The zero-order valence-corrected chi connectivity index (χ0v) is 10.9. The number of nitrogens with one attached hydrogen (secondary N) is 2. The summed E-state index contributed by atoms with van der Waals surface area (Å²) in [6.45, 7) is 3.56. The minimum Gasteiger partial charge on any atom is -0.454 e. The molecule has 1 aliphatic rings. The lowest BCUT2D eigenvalue weighted by Crippen LogP contribution is -2.35. The van der Waals surface area contributed by atoms with Crippen LogP contribution in [0.25, 0.3) is 0 Å². The van der Waals surface area contributed by atoms with Crippen molar-refractivity contribution in [3.63, 3.8) is 0 Å². The van der Waals surface area contributed by atoms with E-state index >= 15 is 0 Å². The van der Waals surface area contributed by atoms with Gasteiger partial charge in [0.1, 0.15) is 0 Å². The highest BCUT2D eigenvalue weighted by Gasteiger charge is 2.19. The second-order valence-corrected chi connectivity index (χ2v) is 5.62. The molecule has 0 aliphatic carbocycles. The van der Waals surface area contributed by atoms with E-state index in [0.717, 1.165) is 0 Å². The molecule has 4 N–H and O–H groups in total. The predicted octanol–water partition coefficient (Wildman–Crippen LogP) is 0.652. The molecule has 0 saturated heterocycles. The largest absolute Gasteiger partial charge is 0.454 e. The number of hydrogen-bond donors (Lipinski definition) is 3. The van der Waals surface area contributed by atoms with Crippen LogP contribution >= 0.6 is 0 Å². The maximum atomic E-state index is 11.7. The van der Waals surface area contributed by atoms with Crippen LogP contribution in [0, 0.1) is 0 Å². The molecule has 8 heteroatoms. The van der Waals surface area contributed by atoms with Crippen molar-refractivity contribution < 1.29 is 17.9 Å². The van der Waals surface area contributed by atoms with Crippen LogP contribution in [-0.4, -0.2) is 21.3 Å². The third-order valence-electron chi connectivity index (χ3n) is 2.18. The Morgan fingerprint density at radius 1 is 1.28 bits per heavy atom. The summed E-state index contributed by atoms with van der Waals surface area (Å²) in [5.74, 6) is 0.971. The van der Waals surface area contributed by atoms with Gasteiger partial charge in [-0.1, -0.05) is 0 Å². The molecule has 2 rings (SSSR count). The fourth-order valence-corrected chi connectivity index (χ4v) is 2.68. The Kier molecular flexibility index (Phi) is 3.22. The van der Waals surface area contributed by atoms with E-state index in [9.17, 15) is 8.42 Å². The summed E-state index contributed by atoms with van der Waals surface area (Å²) in [6, 6.07) is 2.81. The van der Waals surface area contributed by atoms with Crippen LogP contribution in [0.3, 0.4) is 0 Å². The summed E-state index contributed by atoms with van der Waals surface area (Å²) in [5, 5.41) is 0. The van der Waals surface area contributed by atoms with E-state index in [4.69, 9.17) is 15.2 Å². The molecule has 0 saturated carbocycles. The Morgan fingerprint density at radius 2 is 1.89 bits per heavy atom. The first-order chi connectivity index (χ1) is 8.37. The van der Waals surface area contributed by atoms with E-state index in [2.05, 4.69) is 9.44 Å². The first-order valence-corrected chi connectivity index (χ1v) is 6.85. The topological polar surface area (TPSA) is 103 Å². The van der Waals surface area contributed by atoms with Gasteiger partial charge in [-0.3, -0.25) is 4.72 Å². The molecule has 0 spiro atoms. The summed E-state index contributed by atoms with van der Waals surface area (Å²) in [4.78, 5) is 0. The molecule has 0 aromatic heterocycles. The standard InChI is InChI=1S/C10H15N3O4S/c1-6(2)12-18(14,15)13-8-4-10-9(3-7(8)11)16-5-17-10/h3-4,6,12-13H,5,11H2,1-2H3. The van der Waals surface area contributed by atoms with Gasteiger partial charge >= 0.3 is 0 Å². The molecule has 100 valence electrons. The van der Waals surface area contributed by atoms with E-state index in [-0.39, 0.29) is 24.2 Å². The van der Waals surface area contributed by atoms with Gasteiger partial charge in [0.25, 0.3) is 10.2 Å². The van der Waals surface area contributed by atoms with Gasteiger partial charge in [0.15, 0.2) is 11.5 Å². The Bertz CT molecular complexity index is 556. The first-order valence-electron chi connectivity index (χ1n) is 5.36. The summed E-state index contributed by atoms with van der Waals surface area (Å²) < 4.78 is 38.5. The van der Waals surface area contributed by atoms with Crippen molar-refractivity contribution in [2.24, 2.45) is 0 Å². The molecule has 1 aromatic carbocycles. The van der Waals surface area contributed by atoms with Gasteiger partial charge < -0.3 is 15.2 Å². The third-order valence-corrected chi connectivity index (χ3v) is 3.45. The van der Waals surface area contributed by atoms with Crippen LogP contribution in [0.1, 0.15) is 13.8 Å². The normalized spacial score (nSPS) is 13.9. The highest BCUT2D eigenvalue weighted by molar-refractivity contribution is 7.90. The SMILES string of the molecule is CC(C)NS(=O)(=O)Nc1cc2c(cc1N)OCO2. The molecule has 0 radical (unpaired) electrons. The van der Waals surface area contributed by atoms with Crippen LogP contribution in [0.2, 0.25) is 0 Å². The molecule has 0 amide bonds. The predicted molar refractivity (Wildman–Crippen MR) is 67.8 cm³/mol. The van der Waals surface area contributed by atoms with E-state index in [1.165, 1.54) is 12.1 Å². The number of fused-ring (bicyclic) bond motifs is 1. The maximum absolute atomic E-state index is 11.7. The van der Waals surface area contributed by atoms with Gasteiger partial charge in [-0.15, -0.1) is 0 Å². The van der Waals surface area contributed by atoms with Crippen LogP contribution in [0.4, 0.5) is 11.4 Å². The van der Waals surface area contributed by atoms with Crippen molar-refractivity contribution >= 4 is 21.6 Å². The molecule has 7 nitrogen and oxygen atoms in total. The zero-order chi connectivity index (χ0) is 13.3. The summed E-state index contributed by atoms with van der Waals surface area (Å²) in [5.41, 5.74) is 6.27. The lowest BCUT2D eigenvalue weighted by atomic mass is 10.2. The number of rotatable bonds is 4. The lowest BCUT2D eigenvalue weighted by Gasteiger charge is -2.13. The van der Waals surface area contributed by atoms with Gasteiger partial charge in [-0.25, -0.2) is 0 Å². The Labute approximate surface area is 105 Å². The smallest absolute Gasteiger partial charge is 0.299 e. The van der Waals surface area contributed by atoms with E-state index < -0.39 is 10.2 Å². The molecule has 0 unspecified atom stereocenters. The lowest BCUT2D eigenvalue weighted by molar-refractivity contribution is 0.174. The highest BCUT2D eigenvalue weighted by Crippen LogP contribution is 2.38. The Morgan fingerprint density at radius 3 is 2.50 bits per heavy atom. The second-order valence-electron chi connectivity index (χ2n) is 4.17. The fourth-order valence-electron chi connectivity index (χ4n) is 1.53. The van der Waals surface area contributed by atoms with Crippen molar-refractivity contribution in [3.05, 3.63) is 12.1 Å². The van der Waals surface area contributed by atoms with Gasteiger partial charge in [0.05, 0.1) is 11.4 Å². The second kappa shape index (κ2) is 4.54. The third kappa shape index (κ3) is 2.77.